The number of rotatable bonds is 6. The van der Waals surface area contributed by atoms with Crippen molar-refractivity contribution in [1.82, 2.24) is 9.80 Å². The van der Waals surface area contributed by atoms with E-state index in [2.05, 4.69) is 4.90 Å². The number of hydrogen-bond donors (Lipinski definition) is 1. The highest BCUT2D eigenvalue weighted by Crippen LogP contribution is 2.39. The average Bonchev–Trinajstić information content (AvgIpc) is 3.39. The predicted octanol–water partition coefficient (Wildman–Crippen LogP) is 3.52. The summed E-state index contributed by atoms with van der Waals surface area (Å²) < 4.78 is 5.18. The number of amides is 1. The lowest BCUT2D eigenvalue weighted by Crippen LogP contribution is -2.37. The number of methoxy groups -OCH3 is 1. The molecule has 6 heteroatoms. The van der Waals surface area contributed by atoms with Gasteiger partial charge >= 0.3 is 0 Å². The lowest BCUT2D eigenvalue weighted by Gasteiger charge is -2.27. The minimum Gasteiger partial charge on any atom is -0.507 e. The Hall–Kier alpha value is -3.12. The first-order chi connectivity index (χ1) is 15.0. The molecule has 6 nitrogen and oxygen atoms in total. The van der Waals surface area contributed by atoms with Gasteiger partial charge in [0.15, 0.2) is 0 Å². The van der Waals surface area contributed by atoms with Crippen molar-refractivity contribution in [3.63, 3.8) is 0 Å². The zero-order valence-electron chi connectivity index (χ0n) is 18.0. The normalized spacial score (nSPS) is 21.1. The zero-order chi connectivity index (χ0) is 22.0. The first-order valence-electron chi connectivity index (χ1n) is 10.7. The van der Waals surface area contributed by atoms with Crippen LogP contribution in [0.4, 0.5) is 0 Å². The number of hydrogen-bond acceptors (Lipinski definition) is 5. The maximum atomic E-state index is 13.1. The van der Waals surface area contributed by atoms with Gasteiger partial charge in [-0.25, -0.2) is 0 Å². The first-order valence-corrected chi connectivity index (χ1v) is 10.7. The Morgan fingerprint density at radius 2 is 1.65 bits per heavy atom. The van der Waals surface area contributed by atoms with Gasteiger partial charge in [-0.05, 0) is 62.7 Å². The summed E-state index contributed by atoms with van der Waals surface area (Å²) in [6.07, 6.45) is 2.33. The standard InChI is InChI=1S/C25H28N2O4/c1-17-5-7-18(8-6-17)22-21(23(28)19-9-11-20(31-2)12-10-19)24(29)25(30)27(22)16-15-26-13-3-4-14-26/h5-12,22,28H,3-4,13-16H2,1-2H3/b23-21+. The number of carbonyl (C=O) groups is 2. The topological polar surface area (TPSA) is 70.1 Å². The molecular weight excluding hydrogens is 392 g/mol. The molecular formula is C25H28N2O4. The minimum absolute atomic E-state index is 0.139. The van der Waals surface area contributed by atoms with Gasteiger partial charge in [0.05, 0.1) is 18.7 Å². The number of Topliss-reactive ketones (excluding diaryl/α,β-unsaturated/α-hetero) is 1. The van der Waals surface area contributed by atoms with E-state index in [1.807, 2.05) is 31.2 Å². The number of likely N-dealkylation sites (tertiary alicyclic amines) is 2. The molecule has 2 aromatic rings. The van der Waals surface area contributed by atoms with Gasteiger partial charge in [-0.3, -0.25) is 9.59 Å². The molecule has 2 fully saturated rings. The lowest BCUT2D eigenvalue weighted by molar-refractivity contribution is -0.140. The summed E-state index contributed by atoms with van der Waals surface area (Å²) >= 11 is 0. The van der Waals surface area contributed by atoms with Crippen molar-refractivity contribution in [2.75, 3.05) is 33.3 Å². The Kier molecular flexibility index (Phi) is 6.09. The Labute approximate surface area is 182 Å². The quantitative estimate of drug-likeness (QED) is 0.440. The highest BCUT2D eigenvalue weighted by molar-refractivity contribution is 6.46. The molecule has 31 heavy (non-hydrogen) atoms. The maximum Gasteiger partial charge on any atom is 0.295 e. The second-order valence-corrected chi connectivity index (χ2v) is 8.18. The van der Waals surface area contributed by atoms with Crippen LogP contribution in [0.25, 0.3) is 5.76 Å². The van der Waals surface area contributed by atoms with E-state index in [1.165, 1.54) is 0 Å². The van der Waals surface area contributed by atoms with Crippen LogP contribution in [0.3, 0.4) is 0 Å². The Morgan fingerprint density at radius 3 is 2.26 bits per heavy atom. The number of benzene rings is 2. The first kappa shape index (κ1) is 21.1. The number of aryl methyl sites for hydroxylation is 1. The zero-order valence-corrected chi connectivity index (χ0v) is 18.0. The van der Waals surface area contributed by atoms with Crippen molar-refractivity contribution in [2.24, 2.45) is 0 Å². The Balaban J connectivity index is 1.74. The van der Waals surface area contributed by atoms with E-state index in [9.17, 15) is 14.7 Å². The number of aliphatic hydroxyl groups is 1. The summed E-state index contributed by atoms with van der Waals surface area (Å²) in [5, 5.41) is 11.1. The van der Waals surface area contributed by atoms with E-state index in [0.717, 1.165) is 43.6 Å². The van der Waals surface area contributed by atoms with Crippen LogP contribution < -0.4 is 4.74 Å². The van der Waals surface area contributed by atoms with Crippen molar-refractivity contribution in [3.05, 3.63) is 70.8 Å². The molecule has 0 aromatic heterocycles. The van der Waals surface area contributed by atoms with Gasteiger partial charge in [-0.1, -0.05) is 29.8 Å². The number of ketones is 1. The largest absolute Gasteiger partial charge is 0.507 e. The third-order valence-electron chi connectivity index (χ3n) is 6.15. The molecule has 2 saturated heterocycles. The maximum absolute atomic E-state index is 13.1. The fourth-order valence-corrected chi connectivity index (χ4v) is 4.37. The minimum atomic E-state index is -0.639. The molecule has 0 saturated carbocycles. The van der Waals surface area contributed by atoms with Crippen LogP contribution >= 0.6 is 0 Å². The van der Waals surface area contributed by atoms with E-state index < -0.39 is 17.7 Å². The Morgan fingerprint density at radius 1 is 1.00 bits per heavy atom. The second-order valence-electron chi connectivity index (χ2n) is 8.18. The van der Waals surface area contributed by atoms with E-state index in [1.54, 1.807) is 36.3 Å². The lowest BCUT2D eigenvalue weighted by atomic mass is 9.94. The van der Waals surface area contributed by atoms with Gasteiger partial charge in [-0.2, -0.15) is 0 Å². The van der Waals surface area contributed by atoms with Crippen molar-refractivity contribution < 1.29 is 19.4 Å². The van der Waals surface area contributed by atoms with Crippen LogP contribution in [-0.4, -0.2) is 59.9 Å². The number of ether oxygens (including phenoxy) is 1. The predicted molar refractivity (Wildman–Crippen MR) is 119 cm³/mol. The van der Waals surface area contributed by atoms with E-state index in [-0.39, 0.29) is 11.3 Å². The molecule has 1 N–H and O–H groups in total. The van der Waals surface area contributed by atoms with Crippen LogP contribution in [0.5, 0.6) is 5.75 Å². The third-order valence-corrected chi connectivity index (χ3v) is 6.15. The SMILES string of the molecule is COc1ccc(/C(O)=C2\C(=O)C(=O)N(CCN3CCCC3)C2c2ccc(C)cc2)cc1. The van der Waals surface area contributed by atoms with Gasteiger partial charge in [0, 0.05) is 18.7 Å². The molecule has 2 heterocycles. The molecule has 162 valence electrons. The molecule has 4 rings (SSSR count). The van der Waals surface area contributed by atoms with Crippen LogP contribution in [0, 0.1) is 6.92 Å². The van der Waals surface area contributed by atoms with E-state index >= 15 is 0 Å². The van der Waals surface area contributed by atoms with Crippen LogP contribution in [0.2, 0.25) is 0 Å². The molecule has 2 aromatic carbocycles. The average molecular weight is 421 g/mol. The molecule has 2 aliphatic rings. The van der Waals surface area contributed by atoms with Gasteiger partial charge in [0.2, 0.25) is 0 Å². The Bertz CT molecular complexity index is 989. The number of nitrogens with zero attached hydrogens (tertiary/aromatic N) is 2. The molecule has 0 radical (unpaired) electrons. The van der Waals surface area contributed by atoms with Crippen LogP contribution in [0.15, 0.2) is 54.1 Å². The summed E-state index contributed by atoms with van der Waals surface area (Å²) in [4.78, 5) is 30.0. The fourth-order valence-electron chi connectivity index (χ4n) is 4.37. The van der Waals surface area contributed by atoms with Crippen molar-refractivity contribution in [1.29, 1.82) is 0 Å². The molecule has 0 aliphatic carbocycles. The van der Waals surface area contributed by atoms with Crippen molar-refractivity contribution >= 4 is 17.4 Å². The summed E-state index contributed by atoms with van der Waals surface area (Å²) in [5.74, 6) is -0.701. The van der Waals surface area contributed by atoms with Crippen molar-refractivity contribution in [3.8, 4) is 5.75 Å². The second kappa shape index (κ2) is 8.94. The molecule has 1 amide bonds. The summed E-state index contributed by atoms with van der Waals surface area (Å²) in [7, 11) is 1.57. The molecule has 2 aliphatic heterocycles. The number of carbonyl (C=O) groups excluding carboxylic acids is 2. The van der Waals surface area contributed by atoms with Gasteiger partial charge in [-0.15, -0.1) is 0 Å². The summed E-state index contributed by atoms with van der Waals surface area (Å²) in [5.41, 5.74) is 2.53. The molecule has 1 atom stereocenters. The highest BCUT2D eigenvalue weighted by atomic mass is 16.5. The summed E-state index contributed by atoms with van der Waals surface area (Å²) in [6.45, 7) is 5.20. The van der Waals surface area contributed by atoms with Crippen molar-refractivity contribution in [2.45, 2.75) is 25.8 Å². The van der Waals surface area contributed by atoms with Gasteiger partial charge < -0.3 is 19.6 Å². The van der Waals surface area contributed by atoms with Gasteiger partial charge in [0.25, 0.3) is 11.7 Å². The number of aliphatic hydroxyl groups excluding tert-OH is 1. The molecule has 0 bridgehead atoms. The fraction of sp³-hybridized carbons (Fsp3) is 0.360. The monoisotopic (exact) mass is 420 g/mol. The van der Waals surface area contributed by atoms with Crippen LogP contribution in [-0.2, 0) is 9.59 Å². The molecule has 0 spiro atoms. The highest BCUT2D eigenvalue weighted by Gasteiger charge is 2.46. The van der Waals surface area contributed by atoms with Crippen LogP contribution in [0.1, 0.15) is 35.6 Å². The summed E-state index contributed by atoms with van der Waals surface area (Å²) in [6, 6.07) is 14.0. The van der Waals surface area contributed by atoms with E-state index in [0.29, 0.717) is 17.9 Å². The third kappa shape index (κ3) is 4.21. The van der Waals surface area contributed by atoms with Gasteiger partial charge in [0.1, 0.15) is 11.5 Å². The smallest absolute Gasteiger partial charge is 0.295 e. The van der Waals surface area contributed by atoms with E-state index in [4.69, 9.17) is 4.74 Å². The molecule has 1 unspecified atom stereocenters.